The number of benzene rings is 1. The number of carbonyl (C=O) groups is 1. The summed E-state index contributed by atoms with van der Waals surface area (Å²) in [5.41, 5.74) is 9.48. The minimum Gasteiger partial charge on any atom is -0.327 e. The zero-order chi connectivity index (χ0) is 14.0. The molecule has 2 atom stereocenters. The van der Waals surface area contributed by atoms with E-state index in [2.05, 4.69) is 26.0 Å². The van der Waals surface area contributed by atoms with Gasteiger partial charge in [-0.3, -0.25) is 4.79 Å². The van der Waals surface area contributed by atoms with E-state index in [-0.39, 0.29) is 24.4 Å². The number of hydrogen-bond acceptors (Lipinski definition) is 2. The maximum Gasteiger partial charge on any atom is 0.227 e. The predicted octanol–water partition coefficient (Wildman–Crippen LogP) is 3.21. The molecule has 0 radical (unpaired) electrons. The predicted molar refractivity (Wildman–Crippen MR) is 86.5 cm³/mol. The Morgan fingerprint density at radius 3 is 2.55 bits per heavy atom. The number of rotatable bonds is 3. The van der Waals surface area contributed by atoms with E-state index in [0.717, 1.165) is 24.9 Å². The Balaban J connectivity index is 0.00000200. The van der Waals surface area contributed by atoms with Crippen molar-refractivity contribution in [2.75, 3.05) is 11.9 Å². The zero-order valence-electron chi connectivity index (χ0n) is 12.6. The van der Waals surface area contributed by atoms with Crippen molar-refractivity contribution in [1.82, 2.24) is 0 Å². The van der Waals surface area contributed by atoms with Crippen molar-refractivity contribution in [2.45, 2.75) is 45.6 Å². The fraction of sp³-hybridized carbons (Fsp3) is 0.562. The van der Waals surface area contributed by atoms with Crippen LogP contribution in [0.2, 0.25) is 0 Å². The minimum atomic E-state index is 0. The van der Waals surface area contributed by atoms with Crippen molar-refractivity contribution in [3.8, 4) is 0 Å². The lowest BCUT2D eigenvalue weighted by Crippen LogP contribution is -2.33. The van der Waals surface area contributed by atoms with E-state index in [1.54, 1.807) is 4.90 Å². The van der Waals surface area contributed by atoms with E-state index < -0.39 is 0 Å². The summed E-state index contributed by atoms with van der Waals surface area (Å²) in [4.78, 5) is 14.1. The largest absolute Gasteiger partial charge is 0.327 e. The van der Waals surface area contributed by atoms with Gasteiger partial charge in [0, 0.05) is 25.2 Å². The molecule has 112 valence electrons. The van der Waals surface area contributed by atoms with Crippen LogP contribution in [-0.4, -0.2) is 19.0 Å². The van der Waals surface area contributed by atoms with Crippen molar-refractivity contribution in [1.29, 1.82) is 0 Å². The molecule has 2 N–H and O–H groups in total. The number of carbonyl (C=O) groups excluding carboxylic acids is 1. The van der Waals surface area contributed by atoms with Crippen LogP contribution in [0.1, 0.15) is 36.8 Å². The van der Waals surface area contributed by atoms with Crippen molar-refractivity contribution < 1.29 is 4.79 Å². The van der Waals surface area contributed by atoms with Gasteiger partial charge in [0.05, 0.1) is 0 Å². The minimum absolute atomic E-state index is 0. The molecule has 1 aromatic rings. The maximum absolute atomic E-state index is 12.3. The van der Waals surface area contributed by atoms with Crippen LogP contribution in [-0.2, 0) is 4.79 Å². The van der Waals surface area contributed by atoms with Gasteiger partial charge in [-0.1, -0.05) is 12.5 Å². The summed E-state index contributed by atoms with van der Waals surface area (Å²) in [7, 11) is 1.85. The molecule has 0 saturated heterocycles. The van der Waals surface area contributed by atoms with Gasteiger partial charge in [-0.2, -0.15) is 0 Å². The summed E-state index contributed by atoms with van der Waals surface area (Å²) in [5.74, 6) is 0.534. The Morgan fingerprint density at radius 1 is 1.30 bits per heavy atom. The van der Waals surface area contributed by atoms with Crippen LogP contribution in [0, 0.1) is 19.8 Å². The molecule has 1 saturated carbocycles. The van der Waals surface area contributed by atoms with Crippen molar-refractivity contribution in [3.05, 3.63) is 29.3 Å². The Hall–Kier alpha value is -1.06. The van der Waals surface area contributed by atoms with E-state index >= 15 is 0 Å². The van der Waals surface area contributed by atoms with Gasteiger partial charge in [-0.25, -0.2) is 0 Å². The number of anilines is 1. The molecule has 0 heterocycles. The van der Waals surface area contributed by atoms with Crippen molar-refractivity contribution in [3.63, 3.8) is 0 Å². The molecule has 20 heavy (non-hydrogen) atoms. The second-order valence-corrected chi connectivity index (χ2v) is 5.78. The zero-order valence-corrected chi connectivity index (χ0v) is 13.4. The second kappa shape index (κ2) is 7.09. The molecule has 1 aromatic carbocycles. The summed E-state index contributed by atoms with van der Waals surface area (Å²) in [5, 5.41) is 0. The first-order valence-electron chi connectivity index (χ1n) is 7.08. The van der Waals surface area contributed by atoms with Gasteiger partial charge >= 0.3 is 0 Å². The first-order chi connectivity index (χ1) is 8.99. The van der Waals surface area contributed by atoms with E-state index in [1.807, 2.05) is 13.1 Å². The third-order valence-corrected chi connectivity index (χ3v) is 4.41. The highest BCUT2D eigenvalue weighted by atomic mass is 35.5. The number of halogens is 1. The van der Waals surface area contributed by atoms with Crippen LogP contribution < -0.4 is 10.6 Å². The first-order valence-corrected chi connectivity index (χ1v) is 7.08. The SMILES string of the molecule is Cc1ccc(N(C)C(=O)C[C@@H]2CCC[C@H]2N)cc1C.Cl. The van der Waals surface area contributed by atoms with Crippen LogP contribution in [0.15, 0.2) is 18.2 Å². The Kier molecular flexibility index (Phi) is 6.03. The van der Waals surface area contributed by atoms with Gasteiger partial charge < -0.3 is 10.6 Å². The molecule has 0 aromatic heterocycles. The van der Waals surface area contributed by atoms with Crippen molar-refractivity contribution >= 4 is 24.0 Å². The van der Waals surface area contributed by atoms with Gasteiger partial charge in [-0.05, 0) is 55.9 Å². The molecule has 1 fully saturated rings. The highest BCUT2D eigenvalue weighted by Gasteiger charge is 2.27. The highest BCUT2D eigenvalue weighted by molar-refractivity contribution is 5.93. The number of aryl methyl sites for hydroxylation is 2. The summed E-state index contributed by atoms with van der Waals surface area (Å²) >= 11 is 0. The maximum atomic E-state index is 12.3. The summed E-state index contributed by atoms with van der Waals surface area (Å²) in [6, 6.07) is 6.35. The molecular weight excluding hydrogens is 272 g/mol. The molecule has 1 amide bonds. The third kappa shape index (κ3) is 3.74. The monoisotopic (exact) mass is 296 g/mol. The van der Waals surface area contributed by atoms with Crippen LogP contribution in [0.25, 0.3) is 0 Å². The topological polar surface area (TPSA) is 46.3 Å². The highest BCUT2D eigenvalue weighted by Crippen LogP contribution is 2.28. The average Bonchev–Trinajstić information content (AvgIpc) is 2.77. The Morgan fingerprint density at radius 2 is 2.00 bits per heavy atom. The van der Waals surface area contributed by atoms with E-state index in [1.165, 1.54) is 11.1 Å². The van der Waals surface area contributed by atoms with E-state index in [9.17, 15) is 4.79 Å². The van der Waals surface area contributed by atoms with Crippen LogP contribution >= 0.6 is 12.4 Å². The molecule has 1 aliphatic carbocycles. The smallest absolute Gasteiger partial charge is 0.227 e. The number of amides is 1. The van der Waals surface area contributed by atoms with Gasteiger partial charge in [0.2, 0.25) is 5.91 Å². The first kappa shape index (κ1) is 17.0. The Bertz CT molecular complexity index is 476. The van der Waals surface area contributed by atoms with Crippen LogP contribution in [0.3, 0.4) is 0 Å². The summed E-state index contributed by atoms with van der Waals surface area (Å²) < 4.78 is 0. The third-order valence-electron chi connectivity index (χ3n) is 4.41. The molecule has 4 heteroatoms. The van der Waals surface area contributed by atoms with Gasteiger partial charge in [-0.15, -0.1) is 12.4 Å². The Labute approximate surface area is 127 Å². The fourth-order valence-corrected chi connectivity index (χ4v) is 2.76. The molecule has 0 spiro atoms. The molecular formula is C16H25ClN2O. The van der Waals surface area contributed by atoms with E-state index in [4.69, 9.17) is 5.73 Å². The van der Waals surface area contributed by atoms with Crippen LogP contribution in [0.4, 0.5) is 5.69 Å². The number of nitrogens with zero attached hydrogens (tertiary/aromatic N) is 1. The average molecular weight is 297 g/mol. The normalized spacial score (nSPS) is 21.4. The fourth-order valence-electron chi connectivity index (χ4n) is 2.76. The molecule has 0 bridgehead atoms. The number of hydrogen-bond donors (Lipinski definition) is 1. The molecule has 0 unspecified atom stereocenters. The second-order valence-electron chi connectivity index (χ2n) is 5.78. The lowest BCUT2D eigenvalue weighted by molar-refractivity contribution is -0.119. The quantitative estimate of drug-likeness (QED) is 0.931. The summed E-state index contributed by atoms with van der Waals surface area (Å²) in [6.45, 7) is 4.16. The lowest BCUT2D eigenvalue weighted by Gasteiger charge is -2.22. The van der Waals surface area contributed by atoms with Gasteiger partial charge in [0.1, 0.15) is 0 Å². The summed E-state index contributed by atoms with van der Waals surface area (Å²) in [6.07, 6.45) is 3.88. The van der Waals surface area contributed by atoms with Gasteiger partial charge in [0.25, 0.3) is 0 Å². The van der Waals surface area contributed by atoms with Gasteiger partial charge in [0.15, 0.2) is 0 Å². The molecule has 1 aliphatic rings. The van der Waals surface area contributed by atoms with E-state index in [0.29, 0.717) is 12.3 Å². The molecule has 2 rings (SSSR count). The number of nitrogens with two attached hydrogens (primary N) is 1. The standard InChI is InChI=1S/C16H24N2O.ClH/c1-11-7-8-14(9-12(11)2)18(3)16(19)10-13-5-4-6-15(13)17;/h7-9,13,15H,4-6,10,17H2,1-3H3;1H/t13-,15+;/m0./s1. The lowest BCUT2D eigenvalue weighted by atomic mass is 9.99. The van der Waals surface area contributed by atoms with Crippen LogP contribution in [0.5, 0.6) is 0 Å². The molecule has 3 nitrogen and oxygen atoms in total. The molecule has 0 aliphatic heterocycles. The van der Waals surface area contributed by atoms with Crippen molar-refractivity contribution in [2.24, 2.45) is 11.7 Å².